The summed E-state index contributed by atoms with van der Waals surface area (Å²) in [4.78, 5) is 14.5. The van der Waals surface area contributed by atoms with Crippen LogP contribution in [0.5, 0.6) is 0 Å². The third-order valence-electron chi connectivity index (χ3n) is 4.81. The highest BCUT2D eigenvalue weighted by Gasteiger charge is 2.45. The van der Waals surface area contributed by atoms with Crippen LogP contribution in [0.2, 0.25) is 0 Å². The average molecular weight is 291 g/mol. The van der Waals surface area contributed by atoms with Crippen LogP contribution >= 0.6 is 0 Å². The highest BCUT2D eigenvalue weighted by molar-refractivity contribution is 5.88. The topological polar surface area (TPSA) is 58.4 Å². The number of anilines is 1. The first-order valence-corrected chi connectivity index (χ1v) is 7.58. The van der Waals surface area contributed by atoms with Crippen molar-refractivity contribution >= 4 is 11.6 Å². The second-order valence-corrected chi connectivity index (χ2v) is 6.37. The Morgan fingerprint density at radius 1 is 1.43 bits per heavy atom. The van der Waals surface area contributed by atoms with Gasteiger partial charge in [-0.1, -0.05) is 0 Å². The molecule has 2 atom stereocenters. The van der Waals surface area contributed by atoms with Gasteiger partial charge in [-0.3, -0.25) is 4.79 Å². The quantitative estimate of drug-likeness (QED) is 0.896. The first-order chi connectivity index (χ1) is 9.98. The summed E-state index contributed by atoms with van der Waals surface area (Å²) in [5, 5.41) is 3.25. The molecule has 0 aliphatic carbocycles. The Hall–Kier alpha value is -1.62. The van der Waals surface area contributed by atoms with Crippen molar-refractivity contribution in [2.75, 3.05) is 18.4 Å². The van der Waals surface area contributed by atoms with Gasteiger partial charge in [-0.2, -0.15) is 0 Å². The lowest BCUT2D eigenvalue weighted by Crippen LogP contribution is -2.59. The largest absolute Gasteiger partial charge is 0.371 e. The maximum absolute atomic E-state index is 13.6. The number of nitrogens with zero attached hydrogens (tertiary/aromatic N) is 1. The van der Waals surface area contributed by atoms with E-state index in [0.29, 0.717) is 24.6 Å². The first kappa shape index (κ1) is 14.3. The second kappa shape index (κ2) is 5.30. The molecule has 3 rings (SSSR count). The number of fused-ring (bicyclic) bond motifs is 1. The van der Waals surface area contributed by atoms with Gasteiger partial charge in [0.25, 0.3) is 0 Å². The Morgan fingerprint density at radius 2 is 2.24 bits per heavy atom. The molecule has 1 amide bonds. The second-order valence-electron chi connectivity index (χ2n) is 6.37. The van der Waals surface area contributed by atoms with Crippen LogP contribution in [0.3, 0.4) is 0 Å². The van der Waals surface area contributed by atoms with Crippen LogP contribution in [0.4, 0.5) is 10.1 Å². The number of piperidine rings is 1. The molecule has 2 aliphatic rings. The fraction of sp³-hybridized carbons (Fsp3) is 0.562. The molecule has 3 N–H and O–H groups in total. The summed E-state index contributed by atoms with van der Waals surface area (Å²) >= 11 is 0. The minimum absolute atomic E-state index is 0.296. The predicted octanol–water partition coefficient (Wildman–Crippen LogP) is 2.03. The van der Waals surface area contributed by atoms with Gasteiger partial charge < -0.3 is 16.0 Å². The smallest absolute Gasteiger partial charge is 0.243 e. The van der Waals surface area contributed by atoms with E-state index in [0.717, 1.165) is 25.1 Å². The Balaban J connectivity index is 1.86. The van der Waals surface area contributed by atoms with Crippen molar-refractivity contribution in [3.8, 4) is 0 Å². The van der Waals surface area contributed by atoms with Crippen LogP contribution in [0.1, 0.15) is 31.2 Å². The van der Waals surface area contributed by atoms with E-state index in [-0.39, 0.29) is 11.7 Å². The van der Waals surface area contributed by atoms with Crippen molar-refractivity contribution in [1.82, 2.24) is 4.90 Å². The number of nitrogens with two attached hydrogens (primary N) is 1. The summed E-state index contributed by atoms with van der Waals surface area (Å²) in [5.41, 5.74) is 6.40. The van der Waals surface area contributed by atoms with E-state index in [1.54, 1.807) is 0 Å². The zero-order valence-corrected chi connectivity index (χ0v) is 12.4. The maximum atomic E-state index is 13.6. The normalized spacial score (nSPS) is 29.1. The summed E-state index contributed by atoms with van der Waals surface area (Å²) in [5.74, 6) is -0.633. The minimum atomic E-state index is -0.758. The summed E-state index contributed by atoms with van der Waals surface area (Å²) < 4.78 is 13.6. The molecule has 0 bridgehead atoms. The standard InChI is InChI=1S/C16H22FN3O/c1-11-7-12(17)9-13(8-11)19-16(15(18)21)4-6-20-5-2-3-14(20)10-16/h7-9,14,19H,2-6,10H2,1H3,(H2,18,21). The van der Waals surface area contributed by atoms with E-state index in [4.69, 9.17) is 5.73 Å². The lowest BCUT2D eigenvalue weighted by atomic mass is 9.82. The summed E-state index contributed by atoms with van der Waals surface area (Å²) in [6, 6.07) is 5.17. The van der Waals surface area contributed by atoms with E-state index < -0.39 is 5.54 Å². The van der Waals surface area contributed by atoms with Gasteiger partial charge in [0.1, 0.15) is 11.4 Å². The number of benzene rings is 1. The van der Waals surface area contributed by atoms with Crippen molar-refractivity contribution in [1.29, 1.82) is 0 Å². The molecule has 0 radical (unpaired) electrons. The van der Waals surface area contributed by atoms with Crippen LogP contribution in [-0.2, 0) is 4.79 Å². The highest BCUT2D eigenvalue weighted by atomic mass is 19.1. The predicted molar refractivity (Wildman–Crippen MR) is 80.5 cm³/mol. The number of primary amides is 1. The van der Waals surface area contributed by atoms with Crippen molar-refractivity contribution in [3.63, 3.8) is 0 Å². The Kier molecular flexibility index (Phi) is 3.61. The molecule has 2 fully saturated rings. The SMILES string of the molecule is Cc1cc(F)cc(NC2(C(N)=O)CCN3CCCC3C2)c1. The number of carbonyl (C=O) groups excluding carboxylic acids is 1. The summed E-state index contributed by atoms with van der Waals surface area (Å²) in [6.45, 7) is 3.82. The van der Waals surface area contributed by atoms with Gasteiger partial charge in [-0.15, -0.1) is 0 Å². The van der Waals surface area contributed by atoms with E-state index in [1.807, 2.05) is 13.0 Å². The molecule has 0 saturated carbocycles. The van der Waals surface area contributed by atoms with Crippen molar-refractivity contribution in [2.24, 2.45) is 5.73 Å². The Labute approximate surface area is 124 Å². The molecular formula is C16H22FN3O. The van der Waals surface area contributed by atoms with E-state index in [2.05, 4.69) is 10.2 Å². The van der Waals surface area contributed by atoms with Crippen LogP contribution in [0, 0.1) is 12.7 Å². The zero-order chi connectivity index (χ0) is 15.0. The fourth-order valence-corrected chi connectivity index (χ4v) is 3.74. The van der Waals surface area contributed by atoms with Gasteiger partial charge in [-0.25, -0.2) is 4.39 Å². The van der Waals surface area contributed by atoms with Crippen LogP contribution in [-0.4, -0.2) is 35.5 Å². The molecule has 1 aromatic carbocycles. The number of halogens is 1. The van der Waals surface area contributed by atoms with E-state index in [1.165, 1.54) is 18.6 Å². The molecule has 0 spiro atoms. The number of nitrogens with one attached hydrogen (secondary N) is 1. The lowest BCUT2D eigenvalue weighted by molar-refractivity contribution is -0.124. The van der Waals surface area contributed by atoms with Crippen LogP contribution in [0.15, 0.2) is 18.2 Å². The van der Waals surface area contributed by atoms with Gasteiger partial charge in [0, 0.05) is 18.3 Å². The zero-order valence-electron chi connectivity index (χ0n) is 12.4. The third-order valence-corrected chi connectivity index (χ3v) is 4.81. The molecule has 2 heterocycles. The van der Waals surface area contributed by atoms with Crippen molar-refractivity contribution in [2.45, 2.75) is 44.2 Å². The summed E-state index contributed by atoms with van der Waals surface area (Å²) in [6.07, 6.45) is 3.67. The number of aryl methyl sites for hydroxylation is 1. The van der Waals surface area contributed by atoms with Gasteiger partial charge in [0.05, 0.1) is 0 Å². The lowest BCUT2D eigenvalue weighted by Gasteiger charge is -2.43. The van der Waals surface area contributed by atoms with E-state index in [9.17, 15) is 9.18 Å². The Morgan fingerprint density at radius 3 is 2.95 bits per heavy atom. The number of hydrogen-bond acceptors (Lipinski definition) is 3. The molecular weight excluding hydrogens is 269 g/mol. The maximum Gasteiger partial charge on any atom is 0.243 e. The third kappa shape index (κ3) is 2.75. The molecule has 0 aromatic heterocycles. The monoisotopic (exact) mass is 291 g/mol. The molecule has 5 heteroatoms. The minimum Gasteiger partial charge on any atom is -0.371 e. The highest BCUT2D eigenvalue weighted by Crippen LogP contribution is 2.35. The molecule has 2 saturated heterocycles. The molecule has 2 aliphatic heterocycles. The van der Waals surface area contributed by atoms with Gasteiger partial charge in [-0.05, 0) is 62.9 Å². The fourth-order valence-electron chi connectivity index (χ4n) is 3.74. The van der Waals surface area contributed by atoms with Crippen LogP contribution in [0.25, 0.3) is 0 Å². The Bertz CT molecular complexity index is 542. The average Bonchev–Trinajstić information content (AvgIpc) is 2.84. The molecule has 114 valence electrons. The van der Waals surface area contributed by atoms with Gasteiger partial charge >= 0.3 is 0 Å². The number of rotatable bonds is 3. The van der Waals surface area contributed by atoms with Crippen molar-refractivity contribution < 1.29 is 9.18 Å². The van der Waals surface area contributed by atoms with E-state index >= 15 is 0 Å². The molecule has 4 nitrogen and oxygen atoms in total. The van der Waals surface area contributed by atoms with Gasteiger partial charge in [0.2, 0.25) is 5.91 Å². The molecule has 1 aromatic rings. The number of hydrogen-bond donors (Lipinski definition) is 2. The summed E-state index contributed by atoms with van der Waals surface area (Å²) in [7, 11) is 0. The first-order valence-electron chi connectivity index (χ1n) is 7.58. The van der Waals surface area contributed by atoms with Crippen LogP contribution < -0.4 is 11.1 Å². The molecule has 21 heavy (non-hydrogen) atoms. The van der Waals surface area contributed by atoms with Crippen molar-refractivity contribution in [3.05, 3.63) is 29.6 Å². The number of amides is 1. The number of carbonyl (C=O) groups is 1. The van der Waals surface area contributed by atoms with Gasteiger partial charge in [0.15, 0.2) is 0 Å². The molecule has 2 unspecified atom stereocenters.